The molecule has 3 heteroatoms. The lowest BCUT2D eigenvalue weighted by molar-refractivity contribution is -0.149. The molecule has 0 aromatic carbocycles. The maximum Gasteiger partial charge on any atom is 0.338 e. The molecule has 0 aliphatic heterocycles. The molecule has 0 N–H and O–H groups in total. The van der Waals surface area contributed by atoms with E-state index >= 15 is 0 Å². The first-order valence-electron chi connectivity index (χ1n) is 4.83. The van der Waals surface area contributed by atoms with Gasteiger partial charge in [0.2, 0.25) is 0 Å². The second-order valence-corrected chi connectivity index (χ2v) is 3.34. The molecule has 0 amide bonds. The van der Waals surface area contributed by atoms with Crippen LogP contribution in [0.2, 0.25) is 0 Å². The highest BCUT2D eigenvalue weighted by Crippen LogP contribution is 2.12. The third-order valence-corrected chi connectivity index (χ3v) is 1.78. The number of oxime groups is 1. The van der Waals surface area contributed by atoms with Gasteiger partial charge in [-0.15, -0.1) is 0 Å². The highest BCUT2D eigenvalue weighted by Gasteiger charge is 2.16. The van der Waals surface area contributed by atoms with E-state index in [0.29, 0.717) is 0 Å². The van der Waals surface area contributed by atoms with Gasteiger partial charge < -0.3 is 4.84 Å². The van der Waals surface area contributed by atoms with Gasteiger partial charge in [0.05, 0.1) is 11.6 Å². The zero-order chi connectivity index (χ0) is 10.3. The van der Waals surface area contributed by atoms with Crippen LogP contribution in [0.4, 0.5) is 0 Å². The van der Waals surface area contributed by atoms with Crippen LogP contribution in [0.25, 0.3) is 0 Å². The predicted octanol–water partition coefficient (Wildman–Crippen LogP) is 2.75. The number of nitrogens with zero attached hydrogens (tertiary/aromatic N) is 1. The summed E-state index contributed by atoms with van der Waals surface area (Å²) < 4.78 is 0. The summed E-state index contributed by atoms with van der Waals surface area (Å²) >= 11 is 0. The van der Waals surface area contributed by atoms with E-state index in [4.69, 9.17) is 4.84 Å². The summed E-state index contributed by atoms with van der Waals surface area (Å²) in [5.41, 5.74) is 0.764. The lowest BCUT2D eigenvalue weighted by Gasteiger charge is -2.09. The van der Waals surface area contributed by atoms with Crippen molar-refractivity contribution < 1.29 is 9.63 Å². The molecule has 3 nitrogen and oxygen atoms in total. The molecule has 0 aliphatic rings. The molecular weight excluding hydrogens is 166 g/mol. The molecule has 0 spiro atoms. The Labute approximate surface area is 80.1 Å². The Kier molecular flexibility index (Phi) is 6.20. The Morgan fingerprint density at radius 2 is 2.00 bits per heavy atom. The van der Waals surface area contributed by atoms with Gasteiger partial charge >= 0.3 is 5.97 Å². The quantitative estimate of drug-likeness (QED) is 0.375. The summed E-state index contributed by atoms with van der Waals surface area (Å²) in [5.74, 6) is -0.196. The van der Waals surface area contributed by atoms with Crippen LogP contribution in [0.1, 0.15) is 47.0 Å². The smallest absolute Gasteiger partial charge is 0.318 e. The van der Waals surface area contributed by atoms with Gasteiger partial charge in [0.25, 0.3) is 0 Å². The van der Waals surface area contributed by atoms with Crippen LogP contribution >= 0.6 is 0 Å². The van der Waals surface area contributed by atoms with E-state index in [9.17, 15) is 4.79 Å². The minimum atomic E-state index is -0.203. The molecule has 0 aromatic rings. The molecule has 76 valence electrons. The Bertz CT molecular complexity index is 183. The summed E-state index contributed by atoms with van der Waals surface area (Å²) in [7, 11) is 0. The molecule has 0 saturated heterocycles. The average Bonchev–Trinajstić information content (AvgIpc) is 2.10. The molecule has 1 atom stereocenters. The van der Waals surface area contributed by atoms with Gasteiger partial charge in [-0.05, 0) is 26.7 Å². The number of rotatable bonds is 5. The van der Waals surface area contributed by atoms with Crippen LogP contribution in [-0.2, 0) is 9.63 Å². The average molecular weight is 185 g/mol. The van der Waals surface area contributed by atoms with E-state index in [0.717, 1.165) is 25.0 Å². The van der Waals surface area contributed by atoms with Crippen molar-refractivity contribution in [3.63, 3.8) is 0 Å². The van der Waals surface area contributed by atoms with E-state index < -0.39 is 0 Å². The first-order chi connectivity index (χ1) is 6.11. The zero-order valence-electron chi connectivity index (χ0n) is 8.96. The van der Waals surface area contributed by atoms with Crippen molar-refractivity contribution in [2.45, 2.75) is 47.0 Å². The van der Waals surface area contributed by atoms with E-state index in [-0.39, 0.29) is 11.9 Å². The minimum Gasteiger partial charge on any atom is -0.318 e. The van der Waals surface area contributed by atoms with Crippen LogP contribution < -0.4 is 0 Å². The molecule has 0 bridgehead atoms. The summed E-state index contributed by atoms with van der Waals surface area (Å²) in [4.78, 5) is 16.1. The van der Waals surface area contributed by atoms with Gasteiger partial charge in [-0.3, -0.25) is 0 Å². The molecule has 1 unspecified atom stereocenters. The van der Waals surface area contributed by atoms with Crippen molar-refractivity contribution in [2.24, 2.45) is 11.1 Å². The lowest BCUT2D eigenvalue weighted by atomic mass is 10.0. The van der Waals surface area contributed by atoms with E-state index in [1.165, 1.54) is 0 Å². The van der Waals surface area contributed by atoms with E-state index in [1.54, 1.807) is 13.8 Å². The standard InChI is InChI=1S/C10H19NO2/c1-5-7-9(6-2)10(12)13-11-8(3)4/h9H,5-7H2,1-4H3. The molecule has 13 heavy (non-hydrogen) atoms. The second-order valence-electron chi connectivity index (χ2n) is 3.34. The fourth-order valence-corrected chi connectivity index (χ4v) is 1.05. The van der Waals surface area contributed by atoms with Crippen molar-refractivity contribution in [1.29, 1.82) is 0 Å². The number of carbonyl (C=O) groups excluding carboxylic acids is 1. The lowest BCUT2D eigenvalue weighted by Crippen LogP contribution is -2.15. The monoisotopic (exact) mass is 185 g/mol. The first-order valence-corrected chi connectivity index (χ1v) is 4.83. The predicted molar refractivity (Wildman–Crippen MR) is 53.6 cm³/mol. The molecule has 0 heterocycles. The van der Waals surface area contributed by atoms with Gasteiger partial charge in [-0.25, -0.2) is 4.79 Å². The van der Waals surface area contributed by atoms with Crippen LogP contribution in [0.3, 0.4) is 0 Å². The van der Waals surface area contributed by atoms with Gasteiger partial charge in [-0.1, -0.05) is 25.4 Å². The Morgan fingerprint density at radius 1 is 1.38 bits per heavy atom. The molecular formula is C10H19NO2. The maximum atomic E-state index is 11.3. The highest BCUT2D eigenvalue weighted by atomic mass is 16.7. The summed E-state index contributed by atoms with van der Waals surface area (Å²) in [5, 5.41) is 3.64. The third kappa shape index (κ3) is 5.39. The fourth-order valence-electron chi connectivity index (χ4n) is 1.05. The normalized spacial score (nSPS) is 12.0. The zero-order valence-corrected chi connectivity index (χ0v) is 8.96. The van der Waals surface area contributed by atoms with Crippen LogP contribution in [0, 0.1) is 5.92 Å². The first kappa shape index (κ1) is 12.1. The minimum absolute atomic E-state index is 0.00750. The molecule has 0 saturated carbocycles. The van der Waals surface area contributed by atoms with E-state index in [1.807, 2.05) is 6.92 Å². The fraction of sp³-hybridized carbons (Fsp3) is 0.800. The summed E-state index contributed by atoms with van der Waals surface area (Å²) in [6.07, 6.45) is 2.71. The molecule has 0 rings (SSSR count). The number of hydrogen-bond acceptors (Lipinski definition) is 3. The van der Waals surface area contributed by atoms with E-state index in [2.05, 4.69) is 12.1 Å². The molecule has 0 fully saturated rings. The summed E-state index contributed by atoms with van der Waals surface area (Å²) in [6, 6.07) is 0. The van der Waals surface area contributed by atoms with Gasteiger partial charge in [-0.2, -0.15) is 0 Å². The third-order valence-electron chi connectivity index (χ3n) is 1.78. The molecule has 0 radical (unpaired) electrons. The maximum absolute atomic E-state index is 11.3. The van der Waals surface area contributed by atoms with Crippen molar-refractivity contribution in [3.8, 4) is 0 Å². The molecule has 0 aromatic heterocycles. The van der Waals surface area contributed by atoms with Gasteiger partial charge in [0, 0.05) is 0 Å². The molecule has 0 aliphatic carbocycles. The highest BCUT2D eigenvalue weighted by molar-refractivity contribution is 5.80. The topological polar surface area (TPSA) is 38.7 Å². The SMILES string of the molecule is CCCC(CC)C(=O)ON=C(C)C. The Hall–Kier alpha value is -0.860. The van der Waals surface area contributed by atoms with Crippen LogP contribution in [0.5, 0.6) is 0 Å². The Balaban J connectivity index is 3.98. The van der Waals surface area contributed by atoms with Crippen molar-refractivity contribution in [1.82, 2.24) is 0 Å². The van der Waals surface area contributed by atoms with Gasteiger partial charge in [0.1, 0.15) is 0 Å². The number of carbonyl (C=O) groups is 1. The van der Waals surface area contributed by atoms with Gasteiger partial charge in [0.15, 0.2) is 0 Å². The van der Waals surface area contributed by atoms with Crippen LogP contribution in [0.15, 0.2) is 5.16 Å². The second kappa shape index (κ2) is 6.63. The summed E-state index contributed by atoms with van der Waals surface area (Å²) in [6.45, 7) is 7.65. The number of hydrogen-bond donors (Lipinski definition) is 0. The van der Waals surface area contributed by atoms with Crippen LogP contribution in [-0.4, -0.2) is 11.7 Å². The Morgan fingerprint density at radius 3 is 2.38 bits per heavy atom. The van der Waals surface area contributed by atoms with Crippen molar-refractivity contribution in [3.05, 3.63) is 0 Å². The largest absolute Gasteiger partial charge is 0.338 e. The van der Waals surface area contributed by atoms with Crippen molar-refractivity contribution >= 4 is 11.7 Å². The van der Waals surface area contributed by atoms with Crippen molar-refractivity contribution in [2.75, 3.05) is 0 Å².